The van der Waals surface area contributed by atoms with Gasteiger partial charge in [-0.05, 0) is 19.1 Å². The van der Waals surface area contributed by atoms with Crippen LogP contribution in [0.1, 0.15) is 12.7 Å². The highest BCUT2D eigenvalue weighted by Crippen LogP contribution is 2.26. The van der Waals surface area contributed by atoms with Crippen LogP contribution in [0.4, 0.5) is 10.2 Å². The van der Waals surface area contributed by atoms with E-state index in [1.807, 2.05) is 6.92 Å². The first kappa shape index (κ1) is 15.7. The van der Waals surface area contributed by atoms with Crippen molar-refractivity contribution >= 4 is 21.7 Å². The van der Waals surface area contributed by atoms with Crippen LogP contribution < -0.4 is 10.1 Å². The van der Waals surface area contributed by atoms with Crippen LogP contribution >= 0.6 is 15.9 Å². The molecule has 0 unspecified atom stereocenters. The Labute approximate surface area is 130 Å². The average Bonchev–Trinajstić information content (AvgIpc) is 2.43. The minimum atomic E-state index is -0.392. The Balaban J connectivity index is 2.25. The molecular weight excluding hydrogens is 341 g/mol. The number of hydrogen-bond acceptors (Lipinski definition) is 5. The normalized spacial score (nSPS) is 10.5. The minimum Gasteiger partial charge on any atom is -0.439 e. The molecule has 2 rings (SSSR count). The first-order valence-corrected chi connectivity index (χ1v) is 7.17. The number of halogens is 2. The topological polar surface area (TPSA) is 56.3 Å². The molecule has 0 aliphatic heterocycles. The van der Waals surface area contributed by atoms with Crippen LogP contribution in [-0.2, 0) is 11.3 Å². The molecule has 0 fully saturated rings. The molecule has 1 heterocycles. The van der Waals surface area contributed by atoms with Crippen LogP contribution in [0.15, 0.2) is 28.7 Å². The molecule has 2 aromatic rings. The van der Waals surface area contributed by atoms with Crippen molar-refractivity contribution in [3.8, 4) is 11.6 Å². The lowest BCUT2D eigenvalue weighted by Gasteiger charge is -2.09. The van der Waals surface area contributed by atoms with Crippen molar-refractivity contribution in [2.24, 2.45) is 0 Å². The standard InChI is InChI=1S/C14H15BrFN3O2/c1-3-20-8-13-18-12(17-2)7-14(19-13)21-11-5-9(15)4-10(16)6-11/h4-7H,3,8H2,1-2H3,(H,17,18,19). The summed E-state index contributed by atoms with van der Waals surface area (Å²) in [4.78, 5) is 8.49. The van der Waals surface area contributed by atoms with Gasteiger partial charge in [0, 0.05) is 30.3 Å². The summed E-state index contributed by atoms with van der Waals surface area (Å²) in [5.41, 5.74) is 0. The summed E-state index contributed by atoms with van der Waals surface area (Å²) < 4.78 is 24.8. The van der Waals surface area contributed by atoms with Gasteiger partial charge in [0.25, 0.3) is 0 Å². The highest BCUT2D eigenvalue weighted by Gasteiger charge is 2.08. The minimum absolute atomic E-state index is 0.287. The predicted molar refractivity (Wildman–Crippen MR) is 81.1 cm³/mol. The molecule has 1 aromatic carbocycles. The zero-order chi connectivity index (χ0) is 15.2. The number of nitrogens with zero attached hydrogens (tertiary/aromatic N) is 2. The van der Waals surface area contributed by atoms with Crippen LogP contribution in [0.25, 0.3) is 0 Å². The van der Waals surface area contributed by atoms with Crippen molar-refractivity contribution in [2.45, 2.75) is 13.5 Å². The maximum absolute atomic E-state index is 13.3. The summed E-state index contributed by atoms with van der Waals surface area (Å²) in [7, 11) is 1.75. The maximum Gasteiger partial charge on any atom is 0.224 e. The molecule has 112 valence electrons. The van der Waals surface area contributed by atoms with E-state index < -0.39 is 5.82 Å². The third kappa shape index (κ3) is 4.64. The van der Waals surface area contributed by atoms with Crippen LogP contribution in [0.5, 0.6) is 11.6 Å². The van der Waals surface area contributed by atoms with E-state index in [0.29, 0.717) is 34.4 Å². The summed E-state index contributed by atoms with van der Waals surface area (Å²) >= 11 is 3.22. The van der Waals surface area contributed by atoms with Crippen molar-refractivity contribution in [2.75, 3.05) is 19.0 Å². The Bertz CT molecular complexity index is 605. The first-order chi connectivity index (χ1) is 10.1. The number of rotatable bonds is 6. The smallest absolute Gasteiger partial charge is 0.224 e. The molecule has 21 heavy (non-hydrogen) atoms. The Morgan fingerprint density at radius 2 is 2.05 bits per heavy atom. The second-order valence-electron chi connectivity index (χ2n) is 4.10. The van der Waals surface area contributed by atoms with Crippen molar-refractivity contribution in [1.82, 2.24) is 9.97 Å². The fourth-order valence-electron chi connectivity index (χ4n) is 1.62. The fourth-order valence-corrected chi connectivity index (χ4v) is 2.06. The van der Waals surface area contributed by atoms with E-state index in [2.05, 4.69) is 31.2 Å². The van der Waals surface area contributed by atoms with Gasteiger partial charge in [-0.15, -0.1) is 0 Å². The molecule has 0 radical (unpaired) electrons. The van der Waals surface area contributed by atoms with Gasteiger partial charge in [-0.3, -0.25) is 0 Å². The second kappa shape index (κ2) is 7.33. The zero-order valence-electron chi connectivity index (χ0n) is 11.7. The zero-order valence-corrected chi connectivity index (χ0v) is 13.3. The van der Waals surface area contributed by atoms with Gasteiger partial charge in [0.2, 0.25) is 5.88 Å². The lowest BCUT2D eigenvalue weighted by molar-refractivity contribution is 0.128. The number of benzene rings is 1. The number of hydrogen-bond donors (Lipinski definition) is 1. The van der Waals surface area contributed by atoms with Crippen molar-refractivity contribution in [3.05, 3.63) is 40.4 Å². The van der Waals surface area contributed by atoms with Gasteiger partial charge in [-0.25, -0.2) is 9.37 Å². The number of aromatic nitrogens is 2. The molecule has 0 spiro atoms. The predicted octanol–water partition coefficient (Wildman–Crippen LogP) is 3.75. The lowest BCUT2D eigenvalue weighted by Crippen LogP contribution is -2.04. The molecule has 0 aliphatic rings. The molecule has 1 N–H and O–H groups in total. The Morgan fingerprint density at radius 1 is 1.24 bits per heavy atom. The highest BCUT2D eigenvalue weighted by molar-refractivity contribution is 9.10. The van der Waals surface area contributed by atoms with Gasteiger partial charge in [0.05, 0.1) is 0 Å². The lowest BCUT2D eigenvalue weighted by atomic mass is 10.3. The van der Waals surface area contributed by atoms with E-state index in [4.69, 9.17) is 9.47 Å². The van der Waals surface area contributed by atoms with E-state index in [0.717, 1.165) is 0 Å². The van der Waals surface area contributed by atoms with Gasteiger partial charge in [0.15, 0.2) is 5.82 Å². The van der Waals surface area contributed by atoms with Gasteiger partial charge < -0.3 is 14.8 Å². The van der Waals surface area contributed by atoms with Crippen molar-refractivity contribution in [1.29, 1.82) is 0 Å². The van der Waals surface area contributed by atoms with E-state index in [1.165, 1.54) is 12.1 Å². The summed E-state index contributed by atoms with van der Waals surface area (Å²) in [6.45, 7) is 2.75. The summed E-state index contributed by atoms with van der Waals surface area (Å²) in [5.74, 6) is 1.38. The molecule has 1 aromatic heterocycles. The third-order valence-electron chi connectivity index (χ3n) is 2.50. The van der Waals surface area contributed by atoms with Gasteiger partial charge in [-0.1, -0.05) is 15.9 Å². The van der Waals surface area contributed by atoms with E-state index in [1.54, 1.807) is 19.2 Å². The van der Waals surface area contributed by atoms with Crippen LogP contribution in [-0.4, -0.2) is 23.6 Å². The average molecular weight is 356 g/mol. The fraction of sp³-hybridized carbons (Fsp3) is 0.286. The largest absolute Gasteiger partial charge is 0.439 e. The Morgan fingerprint density at radius 3 is 2.71 bits per heavy atom. The number of anilines is 1. The molecule has 5 nitrogen and oxygen atoms in total. The molecule has 0 amide bonds. The molecule has 0 saturated heterocycles. The van der Waals surface area contributed by atoms with Gasteiger partial charge >= 0.3 is 0 Å². The monoisotopic (exact) mass is 355 g/mol. The molecule has 7 heteroatoms. The highest BCUT2D eigenvalue weighted by atomic mass is 79.9. The number of nitrogens with one attached hydrogen (secondary N) is 1. The Hall–Kier alpha value is -1.73. The summed E-state index contributed by atoms with van der Waals surface area (Å²) in [6.07, 6.45) is 0. The van der Waals surface area contributed by atoms with Gasteiger partial charge in [0.1, 0.15) is 24.0 Å². The Kier molecular flexibility index (Phi) is 5.46. The van der Waals surface area contributed by atoms with E-state index in [-0.39, 0.29) is 6.61 Å². The third-order valence-corrected chi connectivity index (χ3v) is 2.96. The first-order valence-electron chi connectivity index (χ1n) is 6.38. The summed E-state index contributed by atoms with van der Waals surface area (Å²) in [6, 6.07) is 5.93. The van der Waals surface area contributed by atoms with Crippen LogP contribution in [0.3, 0.4) is 0 Å². The van der Waals surface area contributed by atoms with Crippen molar-refractivity contribution < 1.29 is 13.9 Å². The van der Waals surface area contributed by atoms with E-state index >= 15 is 0 Å². The molecule has 0 atom stereocenters. The van der Waals surface area contributed by atoms with Crippen molar-refractivity contribution in [3.63, 3.8) is 0 Å². The molecule has 0 bridgehead atoms. The van der Waals surface area contributed by atoms with Gasteiger partial charge in [-0.2, -0.15) is 4.98 Å². The maximum atomic E-state index is 13.3. The van der Waals surface area contributed by atoms with Crippen LogP contribution in [0, 0.1) is 5.82 Å². The summed E-state index contributed by atoms with van der Waals surface area (Å²) in [5, 5.41) is 2.92. The molecule has 0 aliphatic carbocycles. The molecular formula is C14H15BrFN3O2. The SMILES string of the molecule is CCOCc1nc(NC)cc(Oc2cc(F)cc(Br)c2)n1. The second-order valence-corrected chi connectivity index (χ2v) is 5.02. The number of ether oxygens (including phenoxy) is 2. The van der Waals surface area contributed by atoms with E-state index in [9.17, 15) is 4.39 Å². The molecule has 0 saturated carbocycles. The van der Waals surface area contributed by atoms with Crippen LogP contribution in [0.2, 0.25) is 0 Å². The quantitative estimate of drug-likeness (QED) is 0.854.